The molecule has 1 saturated carbocycles. The van der Waals surface area contributed by atoms with Gasteiger partial charge in [-0.05, 0) is 68.7 Å². The highest BCUT2D eigenvalue weighted by Gasteiger charge is 2.49. The van der Waals surface area contributed by atoms with Crippen LogP contribution in [0.5, 0.6) is 11.8 Å². The molecule has 0 radical (unpaired) electrons. The van der Waals surface area contributed by atoms with Crippen molar-refractivity contribution in [2.24, 2.45) is 0 Å². The molecule has 11 heteroatoms. The number of alkyl halides is 1. The SMILES string of the molecule is [2H]C([2H])(Oc1nc(N2CC3CCC2CN3)c2cnc(-c3cc(O)cc(Cl)c3C3CCC3)c(F)c2n1)[C@@]12CCCN1C[C@H](F)C2. The van der Waals surface area contributed by atoms with Crippen LogP contribution in [-0.2, 0) is 0 Å². The number of ether oxygens (including phenoxy) is 1. The van der Waals surface area contributed by atoms with Crippen molar-refractivity contribution in [2.45, 2.75) is 81.1 Å². The van der Waals surface area contributed by atoms with Crippen LogP contribution < -0.4 is 15.0 Å². The maximum absolute atomic E-state index is 16.8. The number of aromatic nitrogens is 3. The Morgan fingerprint density at radius 1 is 1.19 bits per heavy atom. The van der Waals surface area contributed by atoms with Crippen LogP contribution in [0.2, 0.25) is 5.02 Å². The number of fused-ring (bicyclic) bond motifs is 5. The van der Waals surface area contributed by atoms with Crippen LogP contribution in [0.15, 0.2) is 18.3 Å². The summed E-state index contributed by atoms with van der Waals surface area (Å²) in [6, 6.07) is 3.04. The Kier molecular flexibility index (Phi) is 5.93. The van der Waals surface area contributed by atoms with Crippen LogP contribution in [0, 0.1) is 5.82 Å². The third-order valence-corrected chi connectivity index (χ3v) is 10.4. The monoisotopic (exact) mass is 598 g/mol. The van der Waals surface area contributed by atoms with Crippen molar-refractivity contribution in [3.63, 3.8) is 0 Å². The normalized spacial score (nSPS) is 30.4. The Balaban J connectivity index is 1.28. The number of hydrogen-bond donors (Lipinski definition) is 2. The van der Waals surface area contributed by atoms with Gasteiger partial charge in [0.15, 0.2) is 5.82 Å². The first kappa shape index (κ1) is 24.6. The summed E-state index contributed by atoms with van der Waals surface area (Å²) in [6.45, 7) is -0.155. The number of halogens is 3. The van der Waals surface area contributed by atoms with E-state index in [0.29, 0.717) is 41.3 Å². The van der Waals surface area contributed by atoms with Crippen LogP contribution in [0.25, 0.3) is 22.2 Å². The molecule has 8 nitrogen and oxygen atoms in total. The van der Waals surface area contributed by atoms with Gasteiger partial charge in [0, 0.05) is 54.9 Å². The fraction of sp³-hybridized carbons (Fsp3) is 0.581. The van der Waals surface area contributed by atoms with E-state index in [-0.39, 0.29) is 53.9 Å². The quantitative estimate of drug-likeness (QED) is 0.393. The van der Waals surface area contributed by atoms with Gasteiger partial charge in [0.05, 0.1) is 13.7 Å². The molecule has 0 amide bonds. The number of nitrogens with one attached hydrogen (secondary N) is 1. The molecule has 6 fully saturated rings. The zero-order valence-electron chi connectivity index (χ0n) is 25.3. The summed E-state index contributed by atoms with van der Waals surface area (Å²) in [5.41, 5.74) is -0.00934. The molecule has 5 saturated heterocycles. The number of benzene rings is 1. The fourth-order valence-electron chi connectivity index (χ4n) is 7.75. The lowest BCUT2D eigenvalue weighted by Gasteiger charge is -2.46. The van der Waals surface area contributed by atoms with Crippen LogP contribution in [0.4, 0.5) is 14.6 Å². The molecule has 2 N–H and O–H groups in total. The average molecular weight is 599 g/mol. The van der Waals surface area contributed by atoms with Gasteiger partial charge in [0.1, 0.15) is 35.5 Å². The van der Waals surface area contributed by atoms with Crippen LogP contribution >= 0.6 is 11.6 Å². The Morgan fingerprint density at radius 3 is 2.81 bits per heavy atom. The van der Waals surface area contributed by atoms with E-state index in [1.807, 2.05) is 4.90 Å². The lowest BCUT2D eigenvalue weighted by atomic mass is 9.77. The van der Waals surface area contributed by atoms with Crippen molar-refractivity contribution in [3.8, 4) is 23.0 Å². The number of piperidine rings is 2. The number of piperazine rings is 1. The summed E-state index contributed by atoms with van der Waals surface area (Å²) < 4.78 is 55.5. The van der Waals surface area contributed by atoms with Gasteiger partial charge in [-0.25, -0.2) is 8.78 Å². The molecule has 222 valence electrons. The number of nitrogens with zero attached hydrogens (tertiary/aromatic N) is 5. The summed E-state index contributed by atoms with van der Waals surface area (Å²) in [5.74, 6) is -0.226. The summed E-state index contributed by atoms with van der Waals surface area (Å²) >= 11 is 6.60. The minimum Gasteiger partial charge on any atom is -0.508 e. The third kappa shape index (κ3) is 4.32. The van der Waals surface area contributed by atoms with E-state index in [0.717, 1.165) is 50.6 Å². The highest BCUT2D eigenvalue weighted by molar-refractivity contribution is 6.32. The number of aromatic hydroxyl groups is 1. The molecule has 0 spiro atoms. The Morgan fingerprint density at radius 2 is 2.07 bits per heavy atom. The van der Waals surface area contributed by atoms with E-state index in [1.54, 1.807) is 6.20 Å². The van der Waals surface area contributed by atoms with Crippen molar-refractivity contribution in [2.75, 3.05) is 37.6 Å². The molecule has 42 heavy (non-hydrogen) atoms. The molecule has 1 aromatic carbocycles. The Hall–Kier alpha value is -2.82. The Labute approximate surface area is 251 Å². The molecular weight excluding hydrogens is 562 g/mol. The third-order valence-electron chi connectivity index (χ3n) is 10.1. The highest BCUT2D eigenvalue weighted by Crippen LogP contribution is 2.47. The van der Waals surface area contributed by atoms with Crippen molar-refractivity contribution >= 4 is 28.3 Å². The van der Waals surface area contributed by atoms with Crippen LogP contribution in [-0.4, -0.2) is 81.5 Å². The average Bonchev–Trinajstić information content (AvgIpc) is 3.52. The second-order valence-corrected chi connectivity index (χ2v) is 13.0. The van der Waals surface area contributed by atoms with Gasteiger partial charge in [-0.15, -0.1) is 0 Å². The maximum Gasteiger partial charge on any atom is 0.319 e. The molecule has 4 atom stereocenters. The van der Waals surface area contributed by atoms with Gasteiger partial charge in [0.25, 0.3) is 0 Å². The van der Waals surface area contributed by atoms with Crippen molar-refractivity contribution < 1.29 is 21.4 Å². The van der Waals surface area contributed by atoms with E-state index in [4.69, 9.17) is 24.1 Å². The predicted molar refractivity (Wildman–Crippen MR) is 157 cm³/mol. The molecule has 3 aromatic rings. The number of anilines is 1. The zero-order valence-corrected chi connectivity index (χ0v) is 24.0. The molecular formula is C31H35ClF2N6O2. The largest absolute Gasteiger partial charge is 0.508 e. The molecule has 1 aliphatic carbocycles. The van der Waals surface area contributed by atoms with Crippen LogP contribution in [0.3, 0.4) is 0 Å². The van der Waals surface area contributed by atoms with E-state index in [2.05, 4.69) is 20.2 Å². The maximum atomic E-state index is 16.8. The number of phenolic OH excluding ortho intramolecular Hbond substituents is 1. The second-order valence-electron chi connectivity index (χ2n) is 12.6. The van der Waals surface area contributed by atoms with E-state index in [9.17, 15) is 9.50 Å². The first-order valence-electron chi connectivity index (χ1n) is 16.1. The van der Waals surface area contributed by atoms with Gasteiger partial charge in [-0.2, -0.15) is 9.97 Å². The number of hydrogen-bond acceptors (Lipinski definition) is 8. The molecule has 2 unspecified atom stereocenters. The van der Waals surface area contributed by atoms with Gasteiger partial charge < -0.3 is 20.1 Å². The van der Waals surface area contributed by atoms with Gasteiger partial charge in [-0.1, -0.05) is 18.0 Å². The summed E-state index contributed by atoms with van der Waals surface area (Å²) in [4.78, 5) is 17.7. The summed E-state index contributed by atoms with van der Waals surface area (Å²) in [6.07, 6.45) is 6.46. The van der Waals surface area contributed by atoms with Gasteiger partial charge >= 0.3 is 6.01 Å². The topological polar surface area (TPSA) is 86.6 Å². The lowest BCUT2D eigenvalue weighted by molar-refractivity contribution is 0.107. The standard InChI is InChI=1S/C31H35ClF2N6O2/c32-24-10-21(41)9-22(25(24)17-3-1-4-17)27-26(34)28-23(13-36-27)29(40-15-19-5-6-20(40)12-35-19)38-30(37-28)42-16-31-7-2-8-39(31)14-18(33)11-31/h9-10,13,17-20,35,41H,1-8,11-12,14-16H2/t18-,19?,20?,31+/m1/s1/i16D2. The number of rotatable bonds is 6. The second kappa shape index (κ2) is 10.1. The van der Waals surface area contributed by atoms with Gasteiger partial charge in [0.2, 0.25) is 0 Å². The van der Waals surface area contributed by atoms with E-state index in [1.165, 1.54) is 12.1 Å². The molecule has 5 aliphatic heterocycles. The molecule has 7 heterocycles. The summed E-state index contributed by atoms with van der Waals surface area (Å²) in [7, 11) is 0. The summed E-state index contributed by atoms with van der Waals surface area (Å²) in [5, 5.41) is 14.7. The molecule has 6 aliphatic rings. The fourth-order valence-corrected chi connectivity index (χ4v) is 8.12. The highest BCUT2D eigenvalue weighted by atomic mass is 35.5. The first-order valence-corrected chi connectivity index (χ1v) is 15.5. The molecule has 2 aromatic heterocycles. The minimum atomic E-state index is -2.32. The van der Waals surface area contributed by atoms with E-state index < -0.39 is 24.1 Å². The van der Waals surface area contributed by atoms with Crippen molar-refractivity contribution in [3.05, 3.63) is 34.7 Å². The van der Waals surface area contributed by atoms with E-state index >= 15 is 4.39 Å². The van der Waals surface area contributed by atoms with Crippen molar-refractivity contribution in [1.29, 1.82) is 0 Å². The first-order chi connectivity index (χ1) is 21.1. The lowest BCUT2D eigenvalue weighted by Crippen LogP contribution is -2.61. The minimum absolute atomic E-state index is 0.00858. The van der Waals surface area contributed by atoms with Crippen molar-refractivity contribution in [1.82, 2.24) is 25.2 Å². The number of phenols is 1. The number of pyridine rings is 1. The smallest absolute Gasteiger partial charge is 0.319 e. The van der Waals surface area contributed by atoms with Crippen LogP contribution in [0.1, 0.15) is 65.6 Å². The molecule has 9 rings (SSSR count). The Bertz CT molecular complexity index is 1640. The predicted octanol–water partition coefficient (Wildman–Crippen LogP) is 5.35. The zero-order chi connectivity index (χ0) is 30.4. The molecule has 2 bridgehead atoms. The van der Waals surface area contributed by atoms with Gasteiger partial charge in [-0.3, -0.25) is 9.88 Å².